The van der Waals surface area contributed by atoms with Gasteiger partial charge in [-0.2, -0.15) is 5.10 Å². The van der Waals surface area contributed by atoms with Crippen molar-refractivity contribution in [3.8, 4) is 0 Å². The maximum atomic E-state index is 12.3. The molecule has 1 aromatic heterocycles. The van der Waals surface area contributed by atoms with Crippen LogP contribution in [-0.4, -0.2) is 75.7 Å². The number of nitrogens with zero attached hydrogens (tertiary/aromatic N) is 5. The Morgan fingerprint density at radius 2 is 1.96 bits per heavy atom. The summed E-state index contributed by atoms with van der Waals surface area (Å²) in [7, 11) is 0. The summed E-state index contributed by atoms with van der Waals surface area (Å²) in [5, 5.41) is 4.38. The molecule has 6 nitrogen and oxygen atoms in total. The first kappa shape index (κ1) is 19.4. The Morgan fingerprint density at radius 1 is 1.19 bits per heavy atom. The number of rotatable bonds is 7. The Hall–Kier alpha value is -1.40. The molecule has 26 heavy (non-hydrogen) atoms. The number of amides is 1. The highest BCUT2D eigenvalue weighted by molar-refractivity contribution is 5.73. The molecule has 3 heterocycles. The van der Waals surface area contributed by atoms with Gasteiger partial charge < -0.3 is 9.80 Å². The summed E-state index contributed by atoms with van der Waals surface area (Å²) in [4.78, 5) is 19.4. The summed E-state index contributed by atoms with van der Waals surface area (Å²) in [5.41, 5.74) is 1.27. The van der Waals surface area contributed by atoms with Gasteiger partial charge in [-0.25, -0.2) is 0 Å². The number of hydrogen-bond acceptors (Lipinski definition) is 4. The van der Waals surface area contributed by atoms with Crippen LogP contribution in [0.5, 0.6) is 0 Å². The average molecular weight is 362 g/mol. The number of carbonyl (C=O) groups is 1. The zero-order valence-corrected chi connectivity index (χ0v) is 16.6. The van der Waals surface area contributed by atoms with Gasteiger partial charge >= 0.3 is 0 Å². The van der Waals surface area contributed by atoms with E-state index in [1.54, 1.807) is 6.92 Å². The fraction of sp³-hybridized carbons (Fsp3) is 0.800. The van der Waals surface area contributed by atoms with Crippen LogP contribution in [0.2, 0.25) is 0 Å². The van der Waals surface area contributed by atoms with Crippen LogP contribution < -0.4 is 0 Å². The number of piperidine rings is 2. The molecule has 6 heteroatoms. The van der Waals surface area contributed by atoms with Crippen molar-refractivity contribution in [1.82, 2.24) is 24.5 Å². The lowest BCUT2D eigenvalue weighted by Gasteiger charge is -2.40. The molecular weight excluding hydrogens is 326 g/mol. The van der Waals surface area contributed by atoms with Crippen molar-refractivity contribution in [2.75, 3.05) is 39.3 Å². The van der Waals surface area contributed by atoms with Crippen molar-refractivity contribution in [3.05, 3.63) is 18.0 Å². The Morgan fingerprint density at radius 3 is 2.65 bits per heavy atom. The van der Waals surface area contributed by atoms with E-state index in [2.05, 4.69) is 32.9 Å². The monoisotopic (exact) mass is 361 g/mol. The third-order valence-corrected chi connectivity index (χ3v) is 5.85. The van der Waals surface area contributed by atoms with Gasteiger partial charge in [-0.1, -0.05) is 6.42 Å². The molecule has 2 fully saturated rings. The maximum Gasteiger partial charge on any atom is 0.219 e. The second-order valence-corrected chi connectivity index (χ2v) is 7.85. The summed E-state index contributed by atoms with van der Waals surface area (Å²) >= 11 is 0. The molecule has 0 N–H and O–H groups in total. The minimum Gasteiger partial charge on any atom is -0.337 e. The summed E-state index contributed by atoms with van der Waals surface area (Å²) < 4.78 is 1.98. The lowest BCUT2D eigenvalue weighted by molar-refractivity contribution is -0.132. The van der Waals surface area contributed by atoms with Crippen LogP contribution in [0, 0.1) is 0 Å². The number of aromatic nitrogens is 2. The molecule has 3 rings (SSSR count). The maximum absolute atomic E-state index is 12.3. The predicted molar refractivity (Wildman–Crippen MR) is 104 cm³/mol. The van der Waals surface area contributed by atoms with Gasteiger partial charge in [0, 0.05) is 57.4 Å². The van der Waals surface area contributed by atoms with E-state index in [-0.39, 0.29) is 5.91 Å². The molecule has 0 aliphatic carbocycles. The zero-order chi connectivity index (χ0) is 18.4. The Balaban J connectivity index is 1.53. The van der Waals surface area contributed by atoms with Gasteiger partial charge in [0.25, 0.3) is 0 Å². The van der Waals surface area contributed by atoms with Crippen molar-refractivity contribution in [3.63, 3.8) is 0 Å². The molecule has 0 spiro atoms. The smallest absolute Gasteiger partial charge is 0.219 e. The summed E-state index contributed by atoms with van der Waals surface area (Å²) in [6.45, 7) is 12.1. The largest absolute Gasteiger partial charge is 0.337 e. The highest BCUT2D eigenvalue weighted by Crippen LogP contribution is 2.19. The molecule has 2 saturated heterocycles. The number of likely N-dealkylation sites (tertiary alicyclic amines) is 2. The molecule has 0 saturated carbocycles. The Kier molecular flexibility index (Phi) is 7.08. The summed E-state index contributed by atoms with van der Waals surface area (Å²) in [6, 6.07) is 0.354. The van der Waals surface area contributed by atoms with Gasteiger partial charge in [0.2, 0.25) is 5.91 Å². The van der Waals surface area contributed by atoms with Gasteiger partial charge in [-0.3, -0.25) is 14.4 Å². The topological polar surface area (TPSA) is 44.6 Å². The first-order valence-corrected chi connectivity index (χ1v) is 10.4. The van der Waals surface area contributed by atoms with E-state index < -0.39 is 0 Å². The van der Waals surface area contributed by atoms with Crippen molar-refractivity contribution in [2.24, 2.45) is 0 Å². The Labute approximate surface area is 158 Å². The average Bonchev–Trinajstić information content (AvgIpc) is 3.10. The van der Waals surface area contributed by atoms with Crippen LogP contribution in [0.15, 0.2) is 12.4 Å². The lowest BCUT2D eigenvalue weighted by atomic mass is 10.0. The van der Waals surface area contributed by atoms with Gasteiger partial charge in [-0.05, 0) is 52.2 Å². The minimum atomic E-state index is 0.229. The molecule has 1 aromatic rings. The van der Waals surface area contributed by atoms with E-state index in [4.69, 9.17) is 0 Å². The van der Waals surface area contributed by atoms with Crippen molar-refractivity contribution in [1.29, 1.82) is 0 Å². The standard InChI is InChI=1S/C20H35N5O/c1-3-24-16-19(14-21-24)15-23-11-7-8-20(17-23)25(18(2)26)13-12-22-9-5-4-6-10-22/h14,16,20H,3-13,15,17H2,1-2H3. The third-order valence-electron chi connectivity index (χ3n) is 5.85. The van der Waals surface area contributed by atoms with Crippen LogP contribution >= 0.6 is 0 Å². The van der Waals surface area contributed by atoms with E-state index in [9.17, 15) is 4.79 Å². The SMILES string of the molecule is CCn1cc(CN2CCCC(N(CCN3CCCCC3)C(C)=O)C2)cn1. The van der Waals surface area contributed by atoms with E-state index in [1.165, 1.54) is 44.3 Å². The predicted octanol–water partition coefficient (Wildman–Crippen LogP) is 2.20. The second kappa shape index (κ2) is 9.51. The molecule has 1 amide bonds. The van der Waals surface area contributed by atoms with Gasteiger partial charge in [0.05, 0.1) is 6.20 Å². The molecule has 146 valence electrons. The molecule has 0 radical (unpaired) electrons. The number of hydrogen-bond donors (Lipinski definition) is 0. The molecular formula is C20H35N5O. The molecule has 0 bridgehead atoms. The minimum absolute atomic E-state index is 0.229. The normalized spacial score (nSPS) is 22.5. The van der Waals surface area contributed by atoms with Gasteiger partial charge in [-0.15, -0.1) is 0 Å². The van der Waals surface area contributed by atoms with Gasteiger partial charge in [0.1, 0.15) is 0 Å². The van der Waals surface area contributed by atoms with E-state index in [1.807, 2.05) is 10.9 Å². The van der Waals surface area contributed by atoms with Crippen LogP contribution in [0.25, 0.3) is 0 Å². The highest BCUT2D eigenvalue weighted by atomic mass is 16.2. The number of carbonyl (C=O) groups excluding carboxylic acids is 1. The lowest BCUT2D eigenvalue weighted by Crippen LogP contribution is -2.51. The fourth-order valence-electron chi connectivity index (χ4n) is 4.38. The van der Waals surface area contributed by atoms with E-state index >= 15 is 0 Å². The molecule has 2 aliphatic rings. The third kappa shape index (κ3) is 5.30. The van der Waals surface area contributed by atoms with Crippen LogP contribution in [-0.2, 0) is 17.9 Å². The molecule has 1 atom stereocenters. The summed E-state index contributed by atoms with van der Waals surface area (Å²) in [6.07, 6.45) is 10.4. The highest BCUT2D eigenvalue weighted by Gasteiger charge is 2.27. The van der Waals surface area contributed by atoms with E-state index in [0.29, 0.717) is 6.04 Å². The molecule has 1 unspecified atom stereocenters. The summed E-state index contributed by atoms with van der Waals surface area (Å²) in [5.74, 6) is 0.229. The Bertz CT molecular complexity index is 566. The van der Waals surface area contributed by atoms with Crippen LogP contribution in [0.1, 0.15) is 51.5 Å². The van der Waals surface area contributed by atoms with Crippen molar-refractivity contribution in [2.45, 2.75) is 65.1 Å². The number of aryl methyl sites for hydroxylation is 1. The van der Waals surface area contributed by atoms with Crippen molar-refractivity contribution < 1.29 is 4.79 Å². The quantitative estimate of drug-likeness (QED) is 0.747. The van der Waals surface area contributed by atoms with Crippen molar-refractivity contribution >= 4 is 5.91 Å². The molecule has 2 aliphatic heterocycles. The van der Waals surface area contributed by atoms with Gasteiger partial charge in [0.15, 0.2) is 0 Å². The fourth-order valence-corrected chi connectivity index (χ4v) is 4.38. The van der Waals surface area contributed by atoms with Crippen LogP contribution in [0.4, 0.5) is 0 Å². The first-order chi connectivity index (χ1) is 12.7. The zero-order valence-electron chi connectivity index (χ0n) is 16.6. The molecule has 0 aromatic carbocycles. The van der Waals surface area contributed by atoms with E-state index in [0.717, 1.165) is 45.7 Å². The first-order valence-electron chi connectivity index (χ1n) is 10.4. The van der Waals surface area contributed by atoms with Crippen LogP contribution in [0.3, 0.4) is 0 Å². The second-order valence-electron chi connectivity index (χ2n) is 7.85.